The Bertz CT molecular complexity index is 441. The first-order valence-electron chi connectivity index (χ1n) is 4.86. The summed E-state index contributed by atoms with van der Waals surface area (Å²) in [6.07, 6.45) is 4.79. The monoisotopic (exact) mass is 236 g/mol. The van der Waals surface area contributed by atoms with E-state index in [1.165, 1.54) is 18.1 Å². The van der Waals surface area contributed by atoms with E-state index in [-0.39, 0.29) is 0 Å². The Balaban J connectivity index is 2.19. The molecule has 0 aliphatic rings. The molecule has 0 aliphatic carbocycles. The van der Waals surface area contributed by atoms with Crippen LogP contribution < -0.4 is 5.32 Å². The summed E-state index contributed by atoms with van der Waals surface area (Å²) in [7, 11) is 0. The minimum atomic E-state index is 0.311. The number of nitrogens with zero attached hydrogens (tertiary/aromatic N) is 4. The van der Waals surface area contributed by atoms with E-state index in [2.05, 4.69) is 44.3 Å². The summed E-state index contributed by atoms with van der Waals surface area (Å²) in [6, 6.07) is 0.311. The van der Waals surface area contributed by atoms with Gasteiger partial charge in [0.1, 0.15) is 11.4 Å². The van der Waals surface area contributed by atoms with Crippen LogP contribution in [0.5, 0.6) is 0 Å². The summed E-state index contributed by atoms with van der Waals surface area (Å²) in [5.41, 5.74) is 0. The molecule has 0 atom stereocenters. The molecular formula is C9H12N6S. The fraction of sp³-hybridized carbons (Fsp3) is 0.333. The van der Waals surface area contributed by atoms with Crippen molar-refractivity contribution in [2.24, 2.45) is 0 Å². The van der Waals surface area contributed by atoms with Gasteiger partial charge in [-0.1, -0.05) is 0 Å². The van der Waals surface area contributed by atoms with E-state index in [0.717, 1.165) is 10.8 Å². The maximum absolute atomic E-state index is 4.26. The number of hydrogen-bond acceptors (Lipinski definition) is 6. The zero-order valence-corrected chi connectivity index (χ0v) is 9.82. The van der Waals surface area contributed by atoms with Gasteiger partial charge in [-0.25, -0.2) is 15.0 Å². The molecule has 0 amide bonds. The number of aromatic nitrogens is 5. The highest BCUT2D eigenvalue weighted by molar-refractivity contribution is 7.99. The fourth-order valence-electron chi connectivity index (χ4n) is 1.11. The van der Waals surface area contributed by atoms with Crippen molar-refractivity contribution in [3.05, 3.63) is 18.7 Å². The molecule has 0 unspecified atom stereocenters. The van der Waals surface area contributed by atoms with Crippen molar-refractivity contribution >= 4 is 17.6 Å². The Hall–Kier alpha value is -1.63. The minimum absolute atomic E-state index is 0.311. The summed E-state index contributed by atoms with van der Waals surface area (Å²) in [4.78, 5) is 12.5. The molecule has 0 aromatic carbocycles. The SMILES string of the molecule is CC(C)Nc1nccnc1Sc1ncn[nH]1. The van der Waals surface area contributed by atoms with E-state index in [1.807, 2.05) is 0 Å². The van der Waals surface area contributed by atoms with Crippen LogP contribution in [0.25, 0.3) is 0 Å². The highest BCUT2D eigenvalue weighted by Gasteiger charge is 2.09. The predicted octanol–water partition coefficient (Wildman–Crippen LogP) is 1.57. The van der Waals surface area contributed by atoms with Gasteiger partial charge in [0.05, 0.1) is 0 Å². The fourth-order valence-corrected chi connectivity index (χ4v) is 1.81. The predicted molar refractivity (Wildman–Crippen MR) is 61.3 cm³/mol. The van der Waals surface area contributed by atoms with E-state index in [1.54, 1.807) is 12.4 Å². The van der Waals surface area contributed by atoms with Crippen molar-refractivity contribution in [3.63, 3.8) is 0 Å². The van der Waals surface area contributed by atoms with Crippen molar-refractivity contribution in [3.8, 4) is 0 Å². The van der Waals surface area contributed by atoms with E-state index < -0.39 is 0 Å². The highest BCUT2D eigenvalue weighted by atomic mass is 32.2. The van der Waals surface area contributed by atoms with Crippen molar-refractivity contribution in [2.75, 3.05) is 5.32 Å². The lowest BCUT2D eigenvalue weighted by atomic mass is 10.4. The first kappa shape index (κ1) is 10.9. The number of H-pyrrole nitrogens is 1. The molecule has 6 nitrogen and oxygen atoms in total. The molecule has 0 fully saturated rings. The van der Waals surface area contributed by atoms with Gasteiger partial charge in [0.15, 0.2) is 11.0 Å². The lowest BCUT2D eigenvalue weighted by Gasteiger charge is -2.10. The van der Waals surface area contributed by atoms with Crippen LogP contribution in [0, 0.1) is 0 Å². The zero-order valence-electron chi connectivity index (χ0n) is 9.01. The quantitative estimate of drug-likeness (QED) is 0.838. The molecule has 2 aromatic rings. The molecule has 16 heavy (non-hydrogen) atoms. The topological polar surface area (TPSA) is 79.4 Å². The summed E-state index contributed by atoms with van der Waals surface area (Å²) in [6.45, 7) is 4.11. The van der Waals surface area contributed by atoms with Gasteiger partial charge < -0.3 is 5.32 Å². The van der Waals surface area contributed by atoms with Crippen LogP contribution in [-0.4, -0.2) is 31.2 Å². The Kier molecular flexibility index (Phi) is 3.35. The van der Waals surface area contributed by atoms with Crippen LogP contribution in [0.4, 0.5) is 5.82 Å². The third kappa shape index (κ3) is 2.69. The summed E-state index contributed by atoms with van der Waals surface area (Å²) in [5, 5.41) is 11.3. The van der Waals surface area contributed by atoms with E-state index in [0.29, 0.717) is 11.2 Å². The molecule has 0 aliphatic heterocycles. The maximum atomic E-state index is 4.26. The second-order valence-electron chi connectivity index (χ2n) is 3.40. The minimum Gasteiger partial charge on any atom is -0.366 e. The van der Waals surface area contributed by atoms with Gasteiger partial charge in [-0.05, 0) is 25.6 Å². The van der Waals surface area contributed by atoms with Gasteiger partial charge in [0.25, 0.3) is 0 Å². The van der Waals surface area contributed by atoms with Crippen LogP contribution in [0.3, 0.4) is 0 Å². The van der Waals surface area contributed by atoms with Crippen molar-refractivity contribution in [1.82, 2.24) is 25.1 Å². The second-order valence-corrected chi connectivity index (χ2v) is 4.38. The second kappa shape index (κ2) is 4.93. The first-order valence-corrected chi connectivity index (χ1v) is 5.68. The molecule has 2 heterocycles. The maximum Gasteiger partial charge on any atom is 0.189 e. The number of nitrogens with one attached hydrogen (secondary N) is 2. The van der Waals surface area contributed by atoms with Crippen LogP contribution in [-0.2, 0) is 0 Å². The normalized spacial score (nSPS) is 10.7. The number of hydrogen-bond donors (Lipinski definition) is 2. The number of aromatic amines is 1. The average Bonchev–Trinajstić information content (AvgIpc) is 2.73. The largest absolute Gasteiger partial charge is 0.366 e. The van der Waals surface area contributed by atoms with Crippen molar-refractivity contribution in [1.29, 1.82) is 0 Å². The molecule has 2 aromatic heterocycles. The van der Waals surface area contributed by atoms with Gasteiger partial charge >= 0.3 is 0 Å². The van der Waals surface area contributed by atoms with Crippen molar-refractivity contribution < 1.29 is 0 Å². The summed E-state index contributed by atoms with van der Waals surface area (Å²) < 4.78 is 0. The van der Waals surface area contributed by atoms with Gasteiger partial charge in [-0.2, -0.15) is 5.10 Å². The van der Waals surface area contributed by atoms with Gasteiger partial charge in [0.2, 0.25) is 0 Å². The third-order valence-electron chi connectivity index (χ3n) is 1.68. The van der Waals surface area contributed by atoms with Crippen LogP contribution in [0.1, 0.15) is 13.8 Å². The molecule has 2 rings (SSSR count). The highest BCUT2D eigenvalue weighted by Crippen LogP contribution is 2.27. The van der Waals surface area contributed by atoms with E-state index in [4.69, 9.17) is 0 Å². The summed E-state index contributed by atoms with van der Waals surface area (Å²) >= 11 is 1.40. The number of rotatable bonds is 4. The average molecular weight is 236 g/mol. The number of anilines is 1. The van der Waals surface area contributed by atoms with Gasteiger partial charge in [-0.3, -0.25) is 5.10 Å². The molecule has 0 spiro atoms. The lowest BCUT2D eigenvalue weighted by molar-refractivity contribution is 0.868. The van der Waals surface area contributed by atoms with E-state index >= 15 is 0 Å². The Morgan fingerprint density at radius 1 is 1.25 bits per heavy atom. The smallest absolute Gasteiger partial charge is 0.189 e. The summed E-state index contributed by atoms with van der Waals surface area (Å²) in [5.74, 6) is 0.763. The lowest BCUT2D eigenvalue weighted by Crippen LogP contribution is -2.12. The zero-order chi connectivity index (χ0) is 11.4. The Labute approximate surface area is 97.3 Å². The standard InChI is InChI=1S/C9H12N6S/c1-6(2)14-7-8(11-4-3-10-7)16-9-12-5-13-15-9/h3-6H,1-2H3,(H,10,14)(H,12,13,15). The van der Waals surface area contributed by atoms with E-state index in [9.17, 15) is 0 Å². The molecule has 0 radical (unpaired) electrons. The van der Waals surface area contributed by atoms with Gasteiger partial charge in [0, 0.05) is 18.4 Å². The molecule has 0 saturated carbocycles. The Morgan fingerprint density at radius 2 is 2.06 bits per heavy atom. The molecule has 7 heteroatoms. The molecule has 2 N–H and O–H groups in total. The first-order chi connectivity index (χ1) is 7.75. The third-order valence-corrected chi connectivity index (χ3v) is 2.56. The van der Waals surface area contributed by atoms with Crippen molar-refractivity contribution in [2.45, 2.75) is 30.1 Å². The van der Waals surface area contributed by atoms with Crippen LogP contribution >= 0.6 is 11.8 Å². The molecule has 0 bridgehead atoms. The Morgan fingerprint density at radius 3 is 2.75 bits per heavy atom. The van der Waals surface area contributed by atoms with Gasteiger partial charge in [-0.15, -0.1) is 0 Å². The molecular weight excluding hydrogens is 224 g/mol. The van der Waals surface area contributed by atoms with Crippen LogP contribution in [0.15, 0.2) is 28.9 Å². The van der Waals surface area contributed by atoms with Crippen LogP contribution in [0.2, 0.25) is 0 Å². The molecule has 0 saturated heterocycles. The molecule has 84 valence electrons.